The van der Waals surface area contributed by atoms with Gasteiger partial charge in [0.25, 0.3) is 5.91 Å². The van der Waals surface area contributed by atoms with Crippen molar-refractivity contribution in [3.63, 3.8) is 0 Å². The van der Waals surface area contributed by atoms with E-state index < -0.39 is 0 Å². The van der Waals surface area contributed by atoms with Crippen molar-refractivity contribution in [2.24, 2.45) is 5.10 Å². The van der Waals surface area contributed by atoms with E-state index in [2.05, 4.69) is 83.0 Å². The molecule has 2 aromatic carbocycles. The van der Waals surface area contributed by atoms with E-state index in [4.69, 9.17) is 0 Å². The maximum atomic E-state index is 12.1. The Hall–Kier alpha value is -2.66. The molecule has 0 spiro atoms. The molecule has 3 aromatic rings. The topological polar surface area (TPSA) is 46.4 Å². The van der Waals surface area contributed by atoms with Crippen LogP contribution >= 0.6 is 15.9 Å². The minimum absolute atomic E-state index is 0.235. The molecule has 138 valence electrons. The van der Waals surface area contributed by atoms with Crippen molar-refractivity contribution in [1.82, 2.24) is 9.99 Å². The van der Waals surface area contributed by atoms with Crippen LogP contribution in [0, 0.1) is 27.7 Å². The summed E-state index contributed by atoms with van der Waals surface area (Å²) >= 11 is 3.36. The Kier molecular flexibility index (Phi) is 5.61. The molecular formula is C22H22BrN3O. The van der Waals surface area contributed by atoms with Gasteiger partial charge in [0, 0.05) is 32.7 Å². The second-order valence-corrected chi connectivity index (χ2v) is 7.55. The van der Waals surface area contributed by atoms with Gasteiger partial charge < -0.3 is 4.57 Å². The molecule has 1 heterocycles. The zero-order chi connectivity index (χ0) is 19.6. The number of aryl methyl sites for hydroxylation is 3. The summed E-state index contributed by atoms with van der Waals surface area (Å²) < 4.78 is 3.13. The van der Waals surface area contributed by atoms with Gasteiger partial charge in [-0.15, -0.1) is 0 Å². The lowest BCUT2D eigenvalue weighted by molar-refractivity contribution is 0.0955. The maximum absolute atomic E-state index is 12.1. The van der Waals surface area contributed by atoms with Crippen LogP contribution < -0.4 is 5.43 Å². The highest BCUT2D eigenvalue weighted by atomic mass is 79.9. The van der Waals surface area contributed by atoms with Gasteiger partial charge in [0.05, 0.1) is 6.21 Å². The number of rotatable bonds is 4. The summed E-state index contributed by atoms with van der Waals surface area (Å²) in [6.45, 7) is 8.35. The normalized spacial score (nSPS) is 11.1. The van der Waals surface area contributed by atoms with Gasteiger partial charge in [0.15, 0.2) is 0 Å². The van der Waals surface area contributed by atoms with Crippen molar-refractivity contribution in [2.75, 3.05) is 0 Å². The fourth-order valence-electron chi connectivity index (χ4n) is 3.01. The summed E-state index contributed by atoms with van der Waals surface area (Å²) in [6, 6.07) is 15.7. The van der Waals surface area contributed by atoms with E-state index in [1.807, 2.05) is 12.1 Å². The molecule has 0 atom stereocenters. The molecule has 1 amide bonds. The van der Waals surface area contributed by atoms with Crippen LogP contribution in [0.4, 0.5) is 0 Å². The molecule has 27 heavy (non-hydrogen) atoms. The smallest absolute Gasteiger partial charge is 0.271 e. The highest BCUT2D eigenvalue weighted by Crippen LogP contribution is 2.21. The SMILES string of the molecule is Cc1ccc(-n2c(C)cc(/C=N/NC(=O)c3ccc(Br)cc3)c2C)cc1C. The van der Waals surface area contributed by atoms with Gasteiger partial charge in [-0.2, -0.15) is 5.10 Å². The lowest BCUT2D eigenvalue weighted by Crippen LogP contribution is -2.17. The molecule has 0 unspecified atom stereocenters. The number of aromatic nitrogens is 1. The Morgan fingerprint density at radius 1 is 1.00 bits per heavy atom. The molecule has 0 saturated carbocycles. The maximum Gasteiger partial charge on any atom is 0.271 e. The lowest BCUT2D eigenvalue weighted by Gasteiger charge is -2.11. The number of hydrazone groups is 1. The van der Waals surface area contributed by atoms with E-state index in [0.29, 0.717) is 5.56 Å². The molecule has 4 nitrogen and oxygen atoms in total. The van der Waals surface area contributed by atoms with Gasteiger partial charge in [-0.3, -0.25) is 4.79 Å². The molecule has 0 aliphatic heterocycles. The molecule has 1 N–H and O–H groups in total. The molecule has 0 aliphatic rings. The van der Waals surface area contributed by atoms with E-state index >= 15 is 0 Å². The third-order valence-corrected chi connectivity index (χ3v) is 5.22. The predicted octanol–water partition coefficient (Wildman–Crippen LogP) is 5.24. The number of carbonyl (C=O) groups excluding carboxylic acids is 1. The molecule has 0 aliphatic carbocycles. The van der Waals surface area contributed by atoms with Gasteiger partial charge in [0.2, 0.25) is 0 Å². The minimum Gasteiger partial charge on any atom is -0.318 e. The third kappa shape index (κ3) is 4.19. The number of carbonyl (C=O) groups is 1. The number of nitrogens with one attached hydrogen (secondary N) is 1. The van der Waals surface area contributed by atoms with Crippen LogP contribution in [0.5, 0.6) is 0 Å². The van der Waals surface area contributed by atoms with Gasteiger partial charge in [-0.1, -0.05) is 22.0 Å². The average molecular weight is 424 g/mol. The largest absolute Gasteiger partial charge is 0.318 e. The standard InChI is InChI=1S/C22H22BrN3O/c1-14-5-10-21(11-15(14)2)26-16(3)12-19(17(26)4)13-24-25-22(27)18-6-8-20(23)9-7-18/h5-13H,1-4H3,(H,25,27)/b24-13+. The van der Waals surface area contributed by atoms with Crippen molar-refractivity contribution in [1.29, 1.82) is 0 Å². The highest BCUT2D eigenvalue weighted by molar-refractivity contribution is 9.10. The molecule has 1 aromatic heterocycles. The van der Waals surface area contributed by atoms with Crippen LogP contribution in [0.3, 0.4) is 0 Å². The molecule has 0 bridgehead atoms. The van der Waals surface area contributed by atoms with Crippen molar-refractivity contribution in [3.05, 3.63) is 86.6 Å². The number of benzene rings is 2. The van der Waals surface area contributed by atoms with Crippen molar-refractivity contribution < 1.29 is 4.79 Å². The van der Waals surface area contributed by atoms with E-state index in [0.717, 1.165) is 27.1 Å². The number of hydrogen-bond acceptors (Lipinski definition) is 2. The Morgan fingerprint density at radius 3 is 2.37 bits per heavy atom. The second-order valence-electron chi connectivity index (χ2n) is 6.64. The van der Waals surface area contributed by atoms with E-state index in [1.165, 1.54) is 11.1 Å². The third-order valence-electron chi connectivity index (χ3n) is 4.70. The summed E-state index contributed by atoms with van der Waals surface area (Å²) in [5, 5.41) is 4.13. The van der Waals surface area contributed by atoms with Crippen LogP contribution in [0.15, 0.2) is 58.1 Å². The summed E-state index contributed by atoms with van der Waals surface area (Å²) in [6.07, 6.45) is 1.69. The first-order valence-electron chi connectivity index (χ1n) is 8.72. The summed E-state index contributed by atoms with van der Waals surface area (Å²) in [5.74, 6) is -0.235. The first-order chi connectivity index (χ1) is 12.9. The van der Waals surface area contributed by atoms with Crippen LogP contribution in [0.25, 0.3) is 5.69 Å². The summed E-state index contributed by atoms with van der Waals surface area (Å²) in [4.78, 5) is 12.1. The van der Waals surface area contributed by atoms with Gasteiger partial charge >= 0.3 is 0 Å². The van der Waals surface area contributed by atoms with E-state index in [9.17, 15) is 4.79 Å². The number of halogens is 1. The predicted molar refractivity (Wildman–Crippen MR) is 114 cm³/mol. The van der Waals surface area contributed by atoms with Crippen LogP contribution in [0.1, 0.15) is 38.4 Å². The highest BCUT2D eigenvalue weighted by Gasteiger charge is 2.10. The van der Waals surface area contributed by atoms with Gasteiger partial charge in [-0.05, 0) is 81.3 Å². The Labute approximate surface area is 168 Å². The van der Waals surface area contributed by atoms with Crippen LogP contribution in [-0.4, -0.2) is 16.7 Å². The fraction of sp³-hybridized carbons (Fsp3) is 0.182. The Bertz CT molecular complexity index is 1020. The second kappa shape index (κ2) is 7.92. The van der Waals surface area contributed by atoms with Gasteiger partial charge in [0.1, 0.15) is 0 Å². The number of nitrogens with zero attached hydrogens (tertiary/aromatic N) is 2. The molecule has 0 fully saturated rings. The molecule has 0 radical (unpaired) electrons. The van der Waals surface area contributed by atoms with Crippen molar-refractivity contribution in [3.8, 4) is 5.69 Å². The van der Waals surface area contributed by atoms with Crippen LogP contribution in [-0.2, 0) is 0 Å². The number of hydrogen-bond donors (Lipinski definition) is 1. The quantitative estimate of drug-likeness (QED) is 0.452. The summed E-state index contributed by atoms with van der Waals surface area (Å²) in [5.41, 5.74) is 10.00. The fourth-order valence-corrected chi connectivity index (χ4v) is 3.27. The monoisotopic (exact) mass is 423 g/mol. The van der Waals surface area contributed by atoms with Crippen molar-refractivity contribution >= 4 is 28.1 Å². The molecular weight excluding hydrogens is 402 g/mol. The molecule has 5 heteroatoms. The zero-order valence-electron chi connectivity index (χ0n) is 15.9. The van der Waals surface area contributed by atoms with Crippen molar-refractivity contribution in [2.45, 2.75) is 27.7 Å². The number of amides is 1. The minimum atomic E-state index is -0.235. The first kappa shape index (κ1) is 19.1. The molecule has 0 saturated heterocycles. The zero-order valence-corrected chi connectivity index (χ0v) is 17.5. The van der Waals surface area contributed by atoms with Gasteiger partial charge in [-0.25, -0.2) is 5.43 Å². The average Bonchev–Trinajstić information content (AvgIpc) is 2.92. The van der Waals surface area contributed by atoms with Crippen LogP contribution in [0.2, 0.25) is 0 Å². The Balaban J connectivity index is 1.79. The lowest BCUT2D eigenvalue weighted by atomic mass is 10.1. The molecule has 3 rings (SSSR count). The Morgan fingerprint density at radius 2 is 1.70 bits per heavy atom. The first-order valence-corrected chi connectivity index (χ1v) is 9.51. The van der Waals surface area contributed by atoms with E-state index in [1.54, 1.807) is 18.3 Å². The van der Waals surface area contributed by atoms with E-state index in [-0.39, 0.29) is 5.91 Å². The summed E-state index contributed by atoms with van der Waals surface area (Å²) in [7, 11) is 0.